The molecule has 2 atom stereocenters. The maximum absolute atomic E-state index is 13.7. The summed E-state index contributed by atoms with van der Waals surface area (Å²) in [7, 11) is 1.60. The Bertz CT molecular complexity index is 2250. The second-order valence-corrected chi connectivity index (χ2v) is 16.2. The molecule has 14 heteroatoms. The van der Waals surface area contributed by atoms with Crippen molar-refractivity contribution in [3.8, 4) is 11.5 Å². The molecule has 4 aromatic carbocycles. The van der Waals surface area contributed by atoms with Crippen LogP contribution in [0.1, 0.15) is 60.3 Å². The SMILES string of the molecule is [C-]#[N+]CCOP(OC[C@@H](COC(c1ccccc1)(c1ccc(OC)cc1)c1ccc(OC)cc1)OCCn1cc(C)c(=O)n(C(=O)c2ccccc2)c1=O)N(C(C)C)C(C)C. The number of carbonyl (C=O) groups excluding carboxylic acids is 1. The minimum absolute atomic E-state index is 0.00144. The summed E-state index contributed by atoms with van der Waals surface area (Å²) in [6.07, 6.45) is 0.704. The van der Waals surface area contributed by atoms with Gasteiger partial charge in [0.15, 0.2) is 0 Å². The van der Waals surface area contributed by atoms with Crippen molar-refractivity contribution in [2.75, 3.05) is 47.2 Å². The van der Waals surface area contributed by atoms with E-state index in [4.69, 9.17) is 34.6 Å². The van der Waals surface area contributed by atoms with Crippen molar-refractivity contribution in [1.82, 2.24) is 13.8 Å². The van der Waals surface area contributed by atoms with Gasteiger partial charge in [-0.2, -0.15) is 4.57 Å². The van der Waals surface area contributed by atoms with Gasteiger partial charge in [0.05, 0.1) is 40.6 Å². The lowest BCUT2D eigenvalue weighted by Gasteiger charge is -2.38. The van der Waals surface area contributed by atoms with Gasteiger partial charge in [0.25, 0.3) is 20.0 Å². The summed E-state index contributed by atoms with van der Waals surface area (Å²) in [5.41, 5.74) is 0.321. The molecule has 0 N–H and O–H groups in total. The van der Waals surface area contributed by atoms with Crippen LogP contribution < -0.4 is 20.7 Å². The number of hydrogen-bond donors (Lipinski definition) is 0. The number of hydrogen-bond acceptors (Lipinski definition) is 10. The Hall–Kier alpha value is -5.45. The van der Waals surface area contributed by atoms with Gasteiger partial charge in [0.1, 0.15) is 29.8 Å². The van der Waals surface area contributed by atoms with E-state index >= 15 is 0 Å². The molecule has 0 aliphatic rings. The van der Waals surface area contributed by atoms with Crippen molar-refractivity contribution in [2.24, 2.45) is 0 Å². The number of methoxy groups -OCH3 is 2. The number of benzene rings is 4. The Labute approximate surface area is 359 Å². The number of ether oxygens (including phenoxy) is 4. The van der Waals surface area contributed by atoms with Gasteiger partial charge in [0, 0.05) is 29.4 Å². The fraction of sp³-hybridized carbons (Fsp3) is 0.362. The van der Waals surface area contributed by atoms with Crippen LogP contribution in [0.15, 0.2) is 125 Å². The van der Waals surface area contributed by atoms with Crippen molar-refractivity contribution < 1.29 is 32.8 Å². The highest BCUT2D eigenvalue weighted by atomic mass is 31.2. The molecule has 0 spiro atoms. The fourth-order valence-electron chi connectivity index (χ4n) is 6.99. The van der Waals surface area contributed by atoms with E-state index in [1.165, 1.54) is 10.8 Å². The minimum Gasteiger partial charge on any atom is -0.497 e. The van der Waals surface area contributed by atoms with Crippen LogP contribution in [0.3, 0.4) is 0 Å². The third-order valence-electron chi connectivity index (χ3n) is 9.92. The van der Waals surface area contributed by atoms with Crippen LogP contribution in [0.5, 0.6) is 11.5 Å². The van der Waals surface area contributed by atoms with E-state index in [0.29, 0.717) is 16.1 Å². The molecule has 1 heterocycles. The van der Waals surface area contributed by atoms with Crippen LogP contribution in [-0.4, -0.2) is 85.1 Å². The van der Waals surface area contributed by atoms with E-state index in [2.05, 4.69) is 37.2 Å². The smallest absolute Gasteiger partial charge is 0.338 e. The Morgan fingerprint density at radius 3 is 1.82 bits per heavy atom. The van der Waals surface area contributed by atoms with Crippen LogP contribution >= 0.6 is 8.53 Å². The topological polar surface area (TPSA) is 124 Å². The van der Waals surface area contributed by atoms with Crippen molar-refractivity contribution >= 4 is 14.4 Å². The molecule has 322 valence electrons. The van der Waals surface area contributed by atoms with Crippen LogP contribution in [0.4, 0.5) is 0 Å². The quantitative estimate of drug-likeness (QED) is 0.0296. The number of aromatic nitrogens is 2. The van der Waals surface area contributed by atoms with Crippen molar-refractivity contribution in [2.45, 2.75) is 65.0 Å². The zero-order valence-corrected chi connectivity index (χ0v) is 36.7. The standard InChI is InChI=1S/C47H55N4O9P/c1-34(2)51(35(3)4)61(59-29-27-48-6)60-33-43(57-30-28-49-31-36(5)44(52)50(46(49)54)45(53)37-15-11-9-12-16-37)32-58-47(38-17-13-10-14-18-38,39-19-23-41(55-7)24-20-39)40-21-25-42(56-8)26-22-40/h9-26,31,34-35,43H,27-30,32-33H2,1-5,7-8H3/t43-,61?/m1/s1. The molecule has 0 fully saturated rings. The molecule has 0 saturated heterocycles. The Morgan fingerprint density at radius 2 is 1.30 bits per heavy atom. The van der Waals surface area contributed by atoms with Gasteiger partial charge >= 0.3 is 5.69 Å². The molecular weight excluding hydrogens is 796 g/mol. The van der Waals surface area contributed by atoms with Gasteiger partial charge in [-0.1, -0.05) is 72.8 Å². The molecule has 13 nitrogen and oxygen atoms in total. The summed E-state index contributed by atoms with van der Waals surface area (Å²) >= 11 is 0. The molecule has 0 aliphatic heterocycles. The van der Waals surface area contributed by atoms with Gasteiger partial charge in [-0.15, -0.1) is 0 Å². The first-order chi connectivity index (χ1) is 29.4. The highest BCUT2D eigenvalue weighted by Crippen LogP contribution is 2.46. The molecule has 1 unspecified atom stereocenters. The van der Waals surface area contributed by atoms with E-state index in [0.717, 1.165) is 16.7 Å². The summed E-state index contributed by atoms with van der Waals surface area (Å²) < 4.78 is 41.8. The van der Waals surface area contributed by atoms with Gasteiger partial charge in [-0.25, -0.2) is 16.0 Å². The molecule has 0 amide bonds. The summed E-state index contributed by atoms with van der Waals surface area (Å²) in [4.78, 5) is 43.8. The molecular formula is C47H55N4O9P. The van der Waals surface area contributed by atoms with Crippen LogP contribution in [-0.2, 0) is 30.7 Å². The zero-order valence-electron chi connectivity index (χ0n) is 35.9. The Kier molecular flexibility index (Phi) is 17.1. The highest BCUT2D eigenvalue weighted by Gasteiger charge is 2.39. The van der Waals surface area contributed by atoms with E-state index in [1.54, 1.807) is 51.5 Å². The van der Waals surface area contributed by atoms with Gasteiger partial charge in [-0.05, 0) is 87.7 Å². The molecule has 61 heavy (non-hydrogen) atoms. The Balaban J connectivity index is 1.53. The molecule has 0 saturated carbocycles. The van der Waals surface area contributed by atoms with Crippen LogP contribution in [0, 0.1) is 13.5 Å². The second kappa shape index (κ2) is 22.4. The first kappa shape index (κ1) is 46.6. The third kappa shape index (κ3) is 11.5. The lowest BCUT2D eigenvalue weighted by Crippen LogP contribution is -2.45. The minimum atomic E-state index is -1.64. The average Bonchev–Trinajstić information content (AvgIpc) is 3.27. The number of aryl methyl sites for hydroxylation is 1. The monoisotopic (exact) mass is 850 g/mol. The van der Waals surface area contributed by atoms with Gasteiger partial charge in [-0.3, -0.25) is 14.2 Å². The van der Waals surface area contributed by atoms with E-state index in [-0.39, 0.29) is 62.7 Å². The van der Waals surface area contributed by atoms with E-state index in [9.17, 15) is 14.4 Å². The summed E-state index contributed by atoms with van der Waals surface area (Å²) in [6, 6.07) is 33.6. The molecule has 1 aromatic heterocycles. The first-order valence-corrected chi connectivity index (χ1v) is 21.3. The third-order valence-corrected chi connectivity index (χ3v) is 12.0. The second-order valence-electron chi connectivity index (χ2n) is 14.7. The number of nitrogens with zero attached hydrogens (tertiary/aromatic N) is 4. The largest absolute Gasteiger partial charge is 0.497 e. The predicted molar refractivity (Wildman–Crippen MR) is 236 cm³/mol. The lowest BCUT2D eigenvalue weighted by molar-refractivity contribution is -0.0801. The van der Waals surface area contributed by atoms with Crippen molar-refractivity contribution in [1.29, 1.82) is 0 Å². The Morgan fingerprint density at radius 1 is 0.754 bits per heavy atom. The number of rotatable bonds is 22. The lowest BCUT2D eigenvalue weighted by atomic mass is 9.80. The van der Waals surface area contributed by atoms with Crippen molar-refractivity contribution in [3.63, 3.8) is 0 Å². The summed E-state index contributed by atoms with van der Waals surface area (Å²) in [5, 5.41) is 0. The molecule has 0 aliphatic carbocycles. The van der Waals surface area contributed by atoms with Crippen LogP contribution in [0.2, 0.25) is 0 Å². The number of carbonyl (C=O) groups is 1. The maximum atomic E-state index is 13.7. The maximum Gasteiger partial charge on any atom is 0.338 e. The summed E-state index contributed by atoms with van der Waals surface area (Å²) in [6.45, 7) is 17.5. The summed E-state index contributed by atoms with van der Waals surface area (Å²) in [5.74, 6) is 0.655. The van der Waals surface area contributed by atoms with Gasteiger partial charge in [0.2, 0.25) is 6.54 Å². The zero-order chi connectivity index (χ0) is 43.9. The molecule has 5 aromatic rings. The van der Waals surface area contributed by atoms with Crippen molar-refractivity contribution in [3.05, 3.63) is 175 Å². The molecule has 5 rings (SSSR count). The van der Waals surface area contributed by atoms with E-state index in [1.807, 2.05) is 78.9 Å². The first-order valence-electron chi connectivity index (χ1n) is 20.2. The fourth-order valence-corrected chi connectivity index (χ4v) is 8.62. The van der Waals surface area contributed by atoms with Gasteiger partial charge < -0.3 is 32.8 Å². The normalized spacial score (nSPS) is 12.7. The van der Waals surface area contributed by atoms with Crippen LogP contribution in [0.25, 0.3) is 4.85 Å². The predicted octanol–water partition coefficient (Wildman–Crippen LogP) is 7.72. The molecule has 0 bridgehead atoms. The molecule has 0 radical (unpaired) electrons. The van der Waals surface area contributed by atoms with E-state index < -0.39 is 37.4 Å². The highest BCUT2D eigenvalue weighted by molar-refractivity contribution is 7.44. The average molecular weight is 851 g/mol.